The van der Waals surface area contributed by atoms with Gasteiger partial charge in [0, 0.05) is 24.0 Å². The highest BCUT2D eigenvalue weighted by atomic mass is 35.5. The summed E-state index contributed by atoms with van der Waals surface area (Å²) in [4.78, 5) is 20.2. The predicted octanol–water partition coefficient (Wildman–Crippen LogP) is 5.74. The second-order valence-electron chi connectivity index (χ2n) is 7.50. The summed E-state index contributed by atoms with van der Waals surface area (Å²) in [5.74, 6) is 0.612. The Hall–Kier alpha value is -2.39. The van der Waals surface area contributed by atoms with Gasteiger partial charge in [-0.3, -0.25) is 4.79 Å². The molecule has 1 fully saturated rings. The Morgan fingerprint density at radius 3 is 2.78 bits per heavy atom. The van der Waals surface area contributed by atoms with Crippen LogP contribution in [0.4, 0.5) is 0 Å². The summed E-state index contributed by atoms with van der Waals surface area (Å²) in [6, 6.07) is 15.7. The standard InChI is InChI=1S/C23H23ClN2O/c1-15-7-6-12-26(14-15)23(27)19-13-21(17-9-4-3-8-16(17)2)25-22-18(19)10-5-11-20(22)24/h3-5,8-11,13,15H,6-7,12,14H2,1-2H3/t15-/m0/s1. The predicted molar refractivity (Wildman–Crippen MR) is 111 cm³/mol. The van der Waals surface area contributed by atoms with Crippen molar-refractivity contribution in [3.63, 3.8) is 0 Å². The summed E-state index contributed by atoms with van der Waals surface area (Å²) in [5.41, 5.74) is 4.33. The molecule has 138 valence electrons. The van der Waals surface area contributed by atoms with Crippen LogP contribution in [0.15, 0.2) is 48.5 Å². The Kier molecular flexibility index (Phi) is 4.88. The molecule has 3 aromatic rings. The van der Waals surface area contributed by atoms with E-state index in [1.807, 2.05) is 47.4 Å². The van der Waals surface area contributed by atoms with Crippen LogP contribution in [-0.4, -0.2) is 28.9 Å². The number of rotatable bonds is 2. The number of nitrogens with zero attached hydrogens (tertiary/aromatic N) is 2. The van der Waals surface area contributed by atoms with Gasteiger partial charge in [-0.15, -0.1) is 0 Å². The van der Waals surface area contributed by atoms with E-state index in [1.165, 1.54) is 6.42 Å². The molecule has 1 aliphatic heterocycles. The van der Waals surface area contributed by atoms with Crippen molar-refractivity contribution in [3.05, 3.63) is 64.7 Å². The average molecular weight is 379 g/mol. The van der Waals surface area contributed by atoms with Crippen LogP contribution in [-0.2, 0) is 0 Å². The maximum atomic E-state index is 13.4. The lowest BCUT2D eigenvalue weighted by Crippen LogP contribution is -2.39. The van der Waals surface area contributed by atoms with Crippen molar-refractivity contribution in [2.24, 2.45) is 5.92 Å². The smallest absolute Gasteiger partial charge is 0.254 e. The third kappa shape index (κ3) is 3.44. The summed E-state index contributed by atoms with van der Waals surface area (Å²) in [5, 5.41) is 1.40. The summed E-state index contributed by atoms with van der Waals surface area (Å²) < 4.78 is 0. The van der Waals surface area contributed by atoms with Gasteiger partial charge in [0.15, 0.2) is 0 Å². The third-order valence-corrected chi connectivity index (χ3v) is 5.69. The van der Waals surface area contributed by atoms with E-state index in [4.69, 9.17) is 16.6 Å². The van der Waals surface area contributed by atoms with E-state index in [0.29, 0.717) is 22.0 Å². The molecule has 4 heteroatoms. The fourth-order valence-electron chi connectivity index (χ4n) is 3.93. The number of amides is 1. The van der Waals surface area contributed by atoms with E-state index in [2.05, 4.69) is 19.9 Å². The van der Waals surface area contributed by atoms with Crippen LogP contribution >= 0.6 is 11.6 Å². The average Bonchev–Trinajstić information content (AvgIpc) is 2.67. The summed E-state index contributed by atoms with van der Waals surface area (Å²) >= 11 is 6.45. The number of fused-ring (bicyclic) bond motifs is 1. The van der Waals surface area contributed by atoms with Crippen molar-refractivity contribution in [1.82, 2.24) is 9.88 Å². The van der Waals surface area contributed by atoms with Crippen LogP contribution < -0.4 is 0 Å². The van der Waals surface area contributed by atoms with E-state index in [9.17, 15) is 4.79 Å². The molecule has 2 aromatic carbocycles. The van der Waals surface area contributed by atoms with Crippen LogP contribution in [0.25, 0.3) is 22.2 Å². The molecule has 3 nitrogen and oxygen atoms in total. The minimum absolute atomic E-state index is 0.0750. The molecule has 1 saturated heterocycles. The summed E-state index contributed by atoms with van der Waals surface area (Å²) in [6.07, 6.45) is 2.24. The van der Waals surface area contributed by atoms with E-state index >= 15 is 0 Å². The van der Waals surface area contributed by atoms with E-state index in [-0.39, 0.29) is 5.91 Å². The largest absolute Gasteiger partial charge is 0.338 e. The Labute approximate surface area is 165 Å². The summed E-state index contributed by atoms with van der Waals surface area (Å²) in [7, 11) is 0. The number of likely N-dealkylation sites (tertiary alicyclic amines) is 1. The normalized spacial score (nSPS) is 17.3. The lowest BCUT2D eigenvalue weighted by atomic mass is 9.97. The number of halogens is 1. The Morgan fingerprint density at radius 1 is 1.19 bits per heavy atom. The van der Waals surface area contributed by atoms with Gasteiger partial charge in [-0.2, -0.15) is 0 Å². The first-order chi connectivity index (χ1) is 13.0. The van der Waals surface area contributed by atoms with Gasteiger partial charge in [0.2, 0.25) is 0 Å². The molecule has 1 amide bonds. The van der Waals surface area contributed by atoms with Crippen molar-refractivity contribution >= 4 is 28.4 Å². The SMILES string of the molecule is Cc1ccccc1-c1cc(C(=O)N2CCC[C@H](C)C2)c2cccc(Cl)c2n1. The number of para-hydroxylation sites is 1. The van der Waals surface area contributed by atoms with Gasteiger partial charge in [-0.1, -0.05) is 54.9 Å². The number of hydrogen-bond donors (Lipinski definition) is 0. The number of aromatic nitrogens is 1. The number of aryl methyl sites for hydroxylation is 1. The molecule has 2 heterocycles. The lowest BCUT2D eigenvalue weighted by molar-refractivity contribution is 0.0685. The zero-order chi connectivity index (χ0) is 19.0. The maximum absolute atomic E-state index is 13.4. The highest BCUT2D eigenvalue weighted by Gasteiger charge is 2.25. The first-order valence-corrected chi connectivity index (χ1v) is 9.87. The van der Waals surface area contributed by atoms with Gasteiger partial charge in [0.1, 0.15) is 0 Å². The van der Waals surface area contributed by atoms with E-state index in [1.54, 1.807) is 0 Å². The van der Waals surface area contributed by atoms with E-state index in [0.717, 1.165) is 41.7 Å². The zero-order valence-corrected chi connectivity index (χ0v) is 16.5. The molecule has 1 aromatic heterocycles. The Bertz CT molecular complexity index is 1010. The molecule has 0 N–H and O–H groups in total. The van der Waals surface area contributed by atoms with Crippen LogP contribution in [0.5, 0.6) is 0 Å². The van der Waals surface area contributed by atoms with Crippen molar-refractivity contribution in [1.29, 1.82) is 0 Å². The first-order valence-electron chi connectivity index (χ1n) is 9.49. The number of pyridine rings is 1. The molecule has 27 heavy (non-hydrogen) atoms. The number of hydrogen-bond acceptors (Lipinski definition) is 2. The van der Waals surface area contributed by atoms with Crippen molar-refractivity contribution in [2.75, 3.05) is 13.1 Å². The van der Waals surface area contributed by atoms with Gasteiger partial charge in [0.25, 0.3) is 5.91 Å². The number of piperidine rings is 1. The lowest BCUT2D eigenvalue weighted by Gasteiger charge is -2.31. The molecule has 0 radical (unpaired) electrons. The van der Waals surface area contributed by atoms with Gasteiger partial charge in [-0.05, 0) is 43.4 Å². The van der Waals surface area contributed by atoms with Gasteiger partial charge >= 0.3 is 0 Å². The Morgan fingerprint density at radius 2 is 2.00 bits per heavy atom. The monoisotopic (exact) mass is 378 g/mol. The van der Waals surface area contributed by atoms with Crippen molar-refractivity contribution in [2.45, 2.75) is 26.7 Å². The second kappa shape index (κ2) is 7.32. The fourth-order valence-corrected chi connectivity index (χ4v) is 4.15. The van der Waals surface area contributed by atoms with Crippen LogP contribution in [0, 0.1) is 12.8 Å². The van der Waals surface area contributed by atoms with Crippen LogP contribution in [0.2, 0.25) is 5.02 Å². The van der Waals surface area contributed by atoms with Crippen molar-refractivity contribution < 1.29 is 4.79 Å². The minimum atomic E-state index is 0.0750. The Balaban J connectivity index is 1.89. The first kappa shape index (κ1) is 18.0. The molecule has 1 aliphatic rings. The zero-order valence-electron chi connectivity index (χ0n) is 15.7. The van der Waals surface area contributed by atoms with E-state index < -0.39 is 0 Å². The summed E-state index contributed by atoms with van der Waals surface area (Å²) in [6.45, 7) is 5.89. The fraction of sp³-hybridized carbons (Fsp3) is 0.304. The highest BCUT2D eigenvalue weighted by Crippen LogP contribution is 2.31. The minimum Gasteiger partial charge on any atom is -0.338 e. The van der Waals surface area contributed by atoms with Gasteiger partial charge in [-0.25, -0.2) is 4.98 Å². The maximum Gasteiger partial charge on any atom is 0.254 e. The molecule has 0 aliphatic carbocycles. The third-order valence-electron chi connectivity index (χ3n) is 5.39. The number of benzene rings is 2. The molecule has 0 unspecified atom stereocenters. The number of carbonyl (C=O) groups excluding carboxylic acids is 1. The molecular formula is C23H23ClN2O. The molecule has 4 rings (SSSR count). The quantitative estimate of drug-likeness (QED) is 0.570. The van der Waals surface area contributed by atoms with Crippen LogP contribution in [0.3, 0.4) is 0 Å². The molecule has 0 saturated carbocycles. The van der Waals surface area contributed by atoms with Gasteiger partial charge in [0.05, 0.1) is 21.8 Å². The molecule has 0 bridgehead atoms. The van der Waals surface area contributed by atoms with Gasteiger partial charge < -0.3 is 4.90 Å². The highest BCUT2D eigenvalue weighted by molar-refractivity contribution is 6.35. The molecular weight excluding hydrogens is 356 g/mol. The molecule has 0 spiro atoms. The van der Waals surface area contributed by atoms with Crippen molar-refractivity contribution in [3.8, 4) is 11.3 Å². The van der Waals surface area contributed by atoms with Crippen LogP contribution in [0.1, 0.15) is 35.7 Å². The second-order valence-corrected chi connectivity index (χ2v) is 7.91. The number of carbonyl (C=O) groups is 1. The topological polar surface area (TPSA) is 33.2 Å². The molecule has 1 atom stereocenters.